The number of benzene rings is 3. The fourth-order valence-corrected chi connectivity index (χ4v) is 4.20. The summed E-state index contributed by atoms with van der Waals surface area (Å²) >= 11 is 0. The Balaban J connectivity index is 1.76. The number of carbonyl (C=O) groups is 3. The number of aliphatic hydroxyl groups excluding tert-OH is 1. The zero-order chi connectivity index (χ0) is 26.5. The monoisotopic (exact) mass is 499 g/mol. The largest absolute Gasteiger partial charge is 0.507 e. The van der Waals surface area contributed by atoms with Gasteiger partial charge in [-0.05, 0) is 74.4 Å². The molecule has 0 radical (unpaired) electrons. The van der Waals surface area contributed by atoms with Gasteiger partial charge in [0.05, 0.1) is 29.9 Å². The van der Waals surface area contributed by atoms with Gasteiger partial charge >= 0.3 is 5.97 Å². The minimum atomic E-state index is -0.856. The Morgan fingerprint density at radius 3 is 2.14 bits per heavy atom. The minimum absolute atomic E-state index is 0.0114. The molecule has 1 N–H and O–H groups in total. The van der Waals surface area contributed by atoms with Crippen molar-refractivity contribution in [1.29, 1.82) is 0 Å². The van der Waals surface area contributed by atoms with E-state index in [1.54, 1.807) is 72.8 Å². The van der Waals surface area contributed by atoms with Crippen LogP contribution >= 0.6 is 0 Å². The van der Waals surface area contributed by atoms with Crippen molar-refractivity contribution in [3.05, 3.63) is 101 Å². The number of amides is 1. The van der Waals surface area contributed by atoms with Crippen LogP contribution in [0, 0.1) is 0 Å². The fraction of sp³-hybridized carbons (Fsp3) is 0.233. The molecule has 0 spiro atoms. The Morgan fingerprint density at radius 2 is 1.54 bits per heavy atom. The highest BCUT2D eigenvalue weighted by molar-refractivity contribution is 6.51. The second-order valence-electron chi connectivity index (χ2n) is 8.95. The maximum atomic E-state index is 13.3. The Morgan fingerprint density at radius 1 is 0.919 bits per heavy atom. The van der Waals surface area contributed by atoms with Crippen LogP contribution in [0.5, 0.6) is 5.75 Å². The van der Waals surface area contributed by atoms with E-state index in [0.717, 1.165) is 0 Å². The molecule has 4 rings (SSSR count). The number of Topliss-reactive ketones (excluding diaryl/α,β-unsaturated/α-hetero) is 1. The highest BCUT2D eigenvalue weighted by Gasteiger charge is 2.46. The third-order valence-electron chi connectivity index (χ3n) is 5.88. The van der Waals surface area contributed by atoms with Crippen molar-refractivity contribution in [2.24, 2.45) is 0 Å². The maximum absolute atomic E-state index is 13.3. The van der Waals surface area contributed by atoms with E-state index in [-0.39, 0.29) is 17.4 Å². The number of hydrogen-bond acceptors (Lipinski definition) is 6. The van der Waals surface area contributed by atoms with Gasteiger partial charge in [-0.25, -0.2) is 4.79 Å². The number of rotatable bonds is 8. The molecule has 3 aromatic rings. The first kappa shape index (κ1) is 25.7. The van der Waals surface area contributed by atoms with E-state index >= 15 is 0 Å². The van der Waals surface area contributed by atoms with Crippen molar-refractivity contribution in [3.63, 3.8) is 0 Å². The lowest BCUT2D eigenvalue weighted by Gasteiger charge is -2.25. The standard InChI is InChI=1S/C30H29NO6/c1-4-18-36-30(35)22-10-14-23(15-11-22)31-26(20-8-6-5-7-9-20)25(28(33)29(31)34)27(32)21-12-16-24(17-13-21)37-19(2)3/h5-17,19,26,32H,4,18H2,1-3H3/b27-25+. The van der Waals surface area contributed by atoms with Crippen LogP contribution in [0.2, 0.25) is 0 Å². The molecule has 0 aliphatic carbocycles. The third-order valence-corrected chi connectivity index (χ3v) is 5.88. The third kappa shape index (κ3) is 5.40. The Bertz CT molecular complexity index is 1310. The number of esters is 1. The number of ketones is 1. The molecule has 0 saturated carbocycles. The van der Waals surface area contributed by atoms with Crippen molar-refractivity contribution in [3.8, 4) is 5.75 Å². The van der Waals surface area contributed by atoms with Gasteiger partial charge in [0.1, 0.15) is 11.5 Å². The lowest BCUT2D eigenvalue weighted by molar-refractivity contribution is -0.132. The molecule has 7 nitrogen and oxygen atoms in total. The number of ether oxygens (including phenoxy) is 2. The van der Waals surface area contributed by atoms with E-state index in [4.69, 9.17) is 9.47 Å². The second kappa shape index (κ2) is 11.1. The van der Waals surface area contributed by atoms with Crippen molar-refractivity contribution in [2.45, 2.75) is 39.3 Å². The number of carbonyl (C=O) groups excluding carboxylic acids is 3. The molecule has 0 aromatic heterocycles. The smallest absolute Gasteiger partial charge is 0.338 e. The van der Waals surface area contributed by atoms with Gasteiger partial charge in [0.2, 0.25) is 0 Å². The van der Waals surface area contributed by atoms with Crippen LogP contribution in [-0.2, 0) is 14.3 Å². The molecule has 1 amide bonds. The van der Waals surface area contributed by atoms with Gasteiger partial charge in [-0.2, -0.15) is 0 Å². The molecule has 190 valence electrons. The summed E-state index contributed by atoms with van der Waals surface area (Å²) in [5.41, 5.74) is 1.80. The Kier molecular flexibility index (Phi) is 7.72. The van der Waals surface area contributed by atoms with Crippen molar-refractivity contribution < 1.29 is 29.0 Å². The normalized spacial score (nSPS) is 16.8. The zero-order valence-corrected chi connectivity index (χ0v) is 21.0. The second-order valence-corrected chi connectivity index (χ2v) is 8.95. The van der Waals surface area contributed by atoms with Crippen LogP contribution in [0.1, 0.15) is 54.7 Å². The van der Waals surface area contributed by atoms with Gasteiger partial charge in [-0.3, -0.25) is 14.5 Å². The van der Waals surface area contributed by atoms with Gasteiger partial charge in [-0.1, -0.05) is 37.3 Å². The number of aliphatic hydroxyl groups is 1. The molecule has 1 unspecified atom stereocenters. The van der Waals surface area contributed by atoms with E-state index in [9.17, 15) is 19.5 Å². The maximum Gasteiger partial charge on any atom is 0.338 e. The highest BCUT2D eigenvalue weighted by Crippen LogP contribution is 2.42. The number of anilines is 1. The van der Waals surface area contributed by atoms with Crippen molar-refractivity contribution in [2.75, 3.05) is 11.5 Å². The van der Waals surface area contributed by atoms with Crippen LogP contribution in [0.25, 0.3) is 5.76 Å². The van der Waals surface area contributed by atoms with Crippen molar-refractivity contribution in [1.82, 2.24) is 0 Å². The Hall–Kier alpha value is -4.39. The fourth-order valence-electron chi connectivity index (χ4n) is 4.20. The van der Waals surface area contributed by atoms with E-state index in [2.05, 4.69) is 0 Å². The predicted molar refractivity (Wildman–Crippen MR) is 140 cm³/mol. The van der Waals surface area contributed by atoms with E-state index in [1.165, 1.54) is 4.90 Å². The van der Waals surface area contributed by atoms with Crippen LogP contribution in [-0.4, -0.2) is 35.5 Å². The summed E-state index contributed by atoms with van der Waals surface area (Å²) in [6, 6.07) is 21.2. The first-order valence-electron chi connectivity index (χ1n) is 12.2. The average molecular weight is 500 g/mol. The number of hydrogen-bond donors (Lipinski definition) is 1. The van der Waals surface area contributed by atoms with Gasteiger partial charge in [0.15, 0.2) is 0 Å². The van der Waals surface area contributed by atoms with Gasteiger partial charge in [0.25, 0.3) is 11.7 Å². The van der Waals surface area contributed by atoms with E-state index < -0.39 is 23.7 Å². The lowest BCUT2D eigenvalue weighted by Crippen LogP contribution is -2.29. The van der Waals surface area contributed by atoms with Crippen LogP contribution in [0.15, 0.2) is 84.4 Å². The average Bonchev–Trinajstić information content (AvgIpc) is 3.17. The minimum Gasteiger partial charge on any atom is -0.507 e. The molecule has 7 heteroatoms. The number of nitrogens with zero attached hydrogens (tertiary/aromatic N) is 1. The van der Waals surface area contributed by atoms with Gasteiger partial charge < -0.3 is 14.6 Å². The Labute approximate surface area is 215 Å². The SMILES string of the molecule is CCCOC(=O)c1ccc(N2C(=O)C(=O)/C(=C(/O)c3ccc(OC(C)C)cc3)C2c2ccccc2)cc1. The lowest BCUT2D eigenvalue weighted by atomic mass is 9.95. The summed E-state index contributed by atoms with van der Waals surface area (Å²) in [7, 11) is 0. The van der Waals surface area contributed by atoms with Crippen LogP contribution in [0.4, 0.5) is 5.69 Å². The summed E-state index contributed by atoms with van der Waals surface area (Å²) in [4.78, 5) is 40.1. The van der Waals surface area contributed by atoms with Crippen molar-refractivity contribution >= 4 is 29.1 Å². The molecule has 1 saturated heterocycles. The summed E-state index contributed by atoms with van der Waals surface area (Å²) in [6.07, 6.45) is 0.696. The first-order valence-corrected chi connectivity index (χ1v) is 12.2. The van der Waals surface area contributed by atoms with Crippen LogP contribution in [0.3, 0.4) is 0 Å². The summed E-state index contributed by atoms with van der Waals surface area (Å²) < 4.78 is 10.8. The van der Waals surface area contributed by atoms with E-state index in [1.807, 2.05) is 26.8 Å². The first-order chi connectivity index (χ1) is 17.8. The highest BCUT2D eigenvalue weighted by atomic mass is 16.5. The zero-order valence-electron chi connectivity index (χ0n) is 21.0. The molecule has 1 heterocycles. The molecule has 3 aromatic carbocycles. The quantitative estimate of drug-likeness (QED) is 0.186. The molecule has 1 aliphatic rings. The molecular weight excluding hydrogens is 470 g/mol. The van der Waals surface area contributed by atoms with Crippen LogP contribution < -0.4 is 9.64 Å². The van der Waals surface area contributed by atoms with E-state index in [0.29, 0.717) is 41.2 Å². The van der Waals surface area contributed by atoms with Gasteiger partial charge in [-0.15, -0.1) is 0 Å². The topological polar surface area (TPSA) is 93.1 Å². The molecule has 1 fully saturated rings. The molecule has 1 atom stereocenters. The summed E-state index contributed by atoms with van der Waals surface area (Å²) in [5, 5.41) is 11.3. The predicted octanol–water partition coefficient (Wildman–Crippen LogP) is 5.67. The molecule has 0 bridgehead atoms. The molecular formula is C30H29NO6. The molecule has 1 aliphatic heterocycles. The summed E-state index contributed by atoms with van der Waals surface area (Å²) in [6.45, 7) is 6.05. The molecule has 37 heavy (non-hydrogen) atoms. The van der Waals surface area contributed by atoms with Gasteiger partial charge in [0, 0.05) is 11.3 Å². The summed E-state index contributed by atoms with van der Waals surface area (Å²) in [5.74, 6) is -1.66.